The smallest absolute Gasteiger partial charge is 0.167 e. The Morgan fingerprint density at radius 2 is 1.90 bits per heavy atom. The van der Waals surface area contributed by atoms with Crippen LogP contribution >= 0.6 is 23.4 Å². The van der Waals surface area contributed by atoms with E-state index in [4.69, 9.17) is 16.0 Å². The molecule has 1 aromatic heterocycles. The third-order valence-corrected chi connectivity index (χ3v) is 8.57. The number of hydrogen-bond donors (Lipinski definition) is 0. The first-order valence-corrected chi connectivity index (χ1v) is 12.4. The molecule has 2 aliphatic carbocycles. The van der Waals surface area contributed by atoms with E-state index < -0.39 is 0 Å². The van der Waals surface area contributed by atoms with Crippen LogP contribution in [0, 0.1) is 22.7 Å². The number of furan rings is 1. The van der Waals surface area contributed by atoms with Gasteiger partial charge in [0.2, 0.25) is 0 Å². The zero-order valence-electron chi connectivity index (χ0n) is 18.8. The molecule has 0 radical (unpaired) electrons. The molecule has 0 amide bonds. The predicted molar refractivity (Wildman–Crippen MR) is 130 cm³/mol. The van der Waals surface area contributed by atoms with Gasteiger partial charge in [0.05, 0.1) is 6.26 Å². The molecule has 2 nitrogen and oxygen atoms in total. The number of carbonyl (C=O) groups is 1. The van der Waals surface area contributed by atoms with E-state index in [0.29, 0.717) is 5.78 Å². The summed E-state index contributed by atoms with van der Waals surface area (Å²) in [5.74, 6) is 1.49. The Hall–Kier alpha value is -1.71. The van der Waals surface area contributed by atoms with Crippen LogP contribution in [0.1, 0.15) is 58.1 Å². The zero-order chi connectivity index (χ0) is 22.2. The second-order valence-electron chi connectivity index (χ2n) is 9.99. The lowest BCUT2D eigenvalue weighted by atomic mass is 9.48. The Kier molecular flexibility index (Phi) is 6.29. The topological polar surface area (TPSA) is 30.2 Å². The molecule has 3 atom stereocenters. The third kappa shape index (κ3) is 4.45. The van der Waals surface area contributed by atoms with Gasteiger partial charge in [-0.1, -0.05) is 80.4 Å². The van der Waals surface area contributed by atoms with E-state index in [9.17, 15) is 4.79 Å². The minimum absolute atomic E-state index is 0.0332. The average Bonchev–Trinajstić information content (AvgIpc) is 3.13. The van der Waals surface area contributed by atoms with Gasteiger partial charge in [-0.05, 0) is 60.4 Å². The van der Waals surface area contributed by atoms with Crippen LogP contribution in [0.3, 0.4) is 0 Å². The molecule has 4 heteroatoms. The molecule has 31 heavy (non-hydrogen) atoms. The Morgan fingerprint density at radius 1 is 1.16 bits per heavy atom. The fraction of sp³-hybridized carbons (Fsp3) is 0.444. The Balaban J connectivity index is 1.56. The van der Waals surface area contributed by atoms with Crippen LogP contribution in [0.15, 0.2) is 63.8 Å². The van der Waals surface area contributed by atoms with Gasteiger partial charge in [-0.15, -0.1) is 0 Å². The standard InChI is InChI=1S/C27H31ClO2S/c1-18-16-23(29)24-26(2,3)13-5-14-27(24,4)22(18)11-8-20-12-15-30-25(20)31-17-19-6-9-21(28)10-7-19/h6-12,15-16,22,24H,5,13-14,17H2,1-4H3/b11-8+/t22-,24-,27+/m0/s1. The summed E-state index contributed by atoms with van der Waals surface area (Å²) in [4.78, 5) is 13.0. The second kappa shape index (κ2) is 8.67. The number of benzene rings is 1. The number of rotatable bonds is 5. The van der Waals surface area contributed by atoms with Crippen molar-refractivity contribution in [2.75, 3.05) is 0 Å². The van der Waals surface area contributed by atoms with Gasteiger partial charge >= 0.3 is 0 Å². The fourth-order valence-corrected chi connectivity index (χ4v) is 6.96. The minimum atomic E-state index is -0.0332. The molecule has 1 fully saturated rings. The number of allylic oxidation sites excluding steroid dienone is 3. The highest BCUT2D eigenvalue weighted by molar-refractivity contribution is 7.98. The van der Waals surface area contributed by atoms with Crippen molar-refractivity contribution in [3.8, 4) is 0 Å². The SMILES string of the molecule is CC1=CC(=O)[C@H]2C(C)(C)CCC[C@]2(C)[C@H]1/C=C/c1ccoc1SCc1ccc(Cl)cc1. The maximum Gasteiger partial charge on any atom is 0.167 e. The van der Waals surface area contributed by atoms with Crippen molar-refractivity contribution in [1.82, 2.24) is 0 Å². The average molecular weight is 455 g/mol. The third-order valence-electron chi connectivity index (χ3n) is 7.24. The van der Waals surface area contributed by atoms with Crippen LogP contribution in [-0.4, -0.2) is 5.78 Å². The van der Waals surface area contributed by atoms with Gasteiger partial charge < -0.3 is 4.42 Å². The lowest BCUT2D eigenvalue weighted by Gasteiger charge is -2.55. The zero-order valence-corrected chi connectivity index (χ0v) is 20.4. The maximum atomic E-state index is 13.0. The molecule has 0 unspecified atom stereocenters. The Bertz CT molecular complexity index is 1010. The van der Waals surface area contributed by atoms with Crippen molar-refractivity contribution < 1.29 is 9.21 Å². The summed E-state index contributed by atoms with van der Waals surface area (Å²) in [5.41, 5.74) is 3.50. The highest BCUT2D eigenvalue weighted by atomic mass is 35.5. The summed E-state index contributed by atoms with van der Waals surface area (Å²) < 4.78 is 5.78. The molecule has 0 N–H and O–H groups in total. The molecule has 0 aliphatic heterocycles. The molecule has 1 aromatic carbocycles. The molecular formula is C27H31ClO2S. The van der Waals surface area contributed by atoms with E-state index in [1.54, 1.807) is 18.0 Å². The molecular weight excluding hydrogens is 424 g/mol. The highest BCUT2D eigenvalue weighted by Gasteiger charge is 2.54. The van der Waals surface area contributed by atoms with Gasteiger partial charge in [-0.25, -0.2) is 0 Å². The van der Waals surface area contributed by atoms with Crippen LogP contribution in [0.2, 0.25) is 5.02 Å². The molecule has 164 valence electrons. The fourth-order valence-electron chi connectivity index (χ4n) is 5.92. The van der Waals surface area contributed by atoms with Crippen molar-refractivity contribution in [1.29, 1.82) is 0 Å². The second-order valence-corrected chi connectivity index (χ2v) is 11.4. The van der Waals surface area contributed by atoms with E-state index >= 15 is 0 Å². The number of hydrogen-bond acceptors (Lipinski definition) is 3. The number of ketones is 1. The molecule has 2 aliphatic rings. The van der Waals surface area contributed by atoms with Gasteiger partial charge in [0, 0.05) is 28.2 Å². The summed E-state index contributed by atoms with van der Waals surface area (Å²) >= 11 is 7.68. The Morgan fingerprint density at radius 3 is 2.65 bits per heavy atom. The summed E-state index contributed by atoms with van der Waals surface area (Å²) in [5, 5.41) is 1.67. The maximum absolute atomic E-state index is 13.0. The number of fused-ring (bicyclic) bond motifs is 1. The predicted octanol–water partition coefficient (Wildman–Crippen LogP) is 8.22. The minimum Gasteiger partial charge on any atom is -0.457 e. The molecule has 1 saturated carbocycles. The van der Waals surface area contributed by atoms with E-state index in [0.717, 1.165) is 34.3 Å². The van der Waals surface area contributed by atoms with Crippen molar-refractivity contribution in [3.63, 3.8) is 0 Å². The van der Waals surface area contributed by atoms with Crippen LogP contribution < -0.4 is 0 Å². The number of carbonyl (C=O) groups excluding carboxylic acids is 1. The molecule has 4 rings (SSSR count). The van der Waals surface area contributed by atoms with Crippen LogP contribution in [0.5, 0.6) is 0 Å². The lowest BCUT2D eigenvalue weighted by molar-refractivity contribution is -0.134. The first-order valence-electron chi connectivity index (χ1n) is 11.1. The van der Waals surface area contributed by atoms with Gasteiger partial charge in [-0.2, -0.15) is 0 Å². The summed E-state index contributed by atoms with van der Waals surface area (Å²) in [7, 11) is 0. The normalized spacial score (nSPS) is 27.9. The quantitative estimate of drug-likeness (QED) is 0.426. The highest BCUT2D eigenvalue weighted by Crippen LogP contribution is 2.58. The van der Waals surface area contributed by atoms with Crippen molar-refractivity contribution in [2.24, 2.45) is 22.7 Å². The molecule has 0 bridgehead atoms. The van der Waals surface area contributed by atoms with Crippen molar-refractivity contribution in [3.05, 3.63) is 70.5 Å². The van der Waals surface area contributed by atoms with E-state index in [1.165, 1.54) is 17.6 Å². The number of thioether (sulfide) groups is 1. The molecule has 0 saturated heterocycles. The molecule has 1 heterocycles. The first kappa shape index (κ1) is 22.5. The van der Waals surface area contributed by atoms with Gasteiger partial charge in [0.1, 0.15) is 0 Å². The Labute approximate surface area is 195 Å². The first-order chi connectivity index (χ1) is 14.7. The summed E-state index contributed by atoms with van der Waals surface area (Å²) in [6, 6.07) is 9.96. The van der Waals surface area contributed by atoms with Crippen molar-refractivity contribution >= 4 is 35.2 Å². The monoisotopic (exact) mass is 454 g/mol. The van der Waals surface area contributed by atoms with E-state index in [1.807, 2.05) is 36.4 Å². The summed E-state index contributed by atoms with van der Waals surface area (Å²) in [6.07, 6.45) is 11.6. The van der Waals surface area contributed by atoms with Gasteiger partial charge in [0.15, 0.2) is 10.9 Å². The van der Waals surface area contributed by atoms with Crippen LogP contribution in [-0.2, 0) is 10.5 Å². The van der Waals surface area contributed by atoms with Gasteiger partial charge in [0.25, 0.3) is 0 Å². The van der Waals surface area contributed by atoms with Crippen LogP contribution in [0.25, 0.3) is 6.08 Å². The number of halogens is 1. The lowest BCUT2D eigenvalue weighted by Crippen LogP contribution is -2.52. The van der Waals surface area contributed by atoms with E-state index in [-0.39, 0.29) is 22.7 Å². The van der Waals surface area contributed by atoms with Gasteiger partial charge in [-0.3, -0.25) is 4.79 Å². The van der Waals surface area contributed by atoms with Crippen molar-refractivity contribution in [2.45, 2.75) is 57.8 Å². The molecule has 0 spiro atoms. The summed E-state index contributed by atoms with van der Waals surface area (Å²) in [6.45, 7) is 8.97. The molecule has 2 aromatic rings. The van der Waals surface area contributed by atoms with Crippen LogP contribution in [0.4, 0.5) is 0 Å². The van der Waals surface area contributed by atoms with E-state index in [2.05, 4.69) is 39.8 Å². The largest absolute Gasteiger partial charge is 0.457 e.